The summed E-state index contributed by atoms with van der Waals surface area (Å²) in [5, 5.41) is 2.47. The molecular formula is C18H24N2O7S. The summed E-state index contributed by atoms with van der Waals surface area (Å²) in [7, 11) is -1.75. The van der Waals surface area contributed by atoms with Crippen LogP contribution in [0.4, 0.5) is 5.69 Å². The molecule has 0 bridgehead atoms. The standard InChI is InChI=1S/C18H24N2O7S/c1-3-27-18(23)13-4-6-14(7-5-13)19-16(21)17(22)20(9-10-26-2)15-8-11-28(24,25)12-15/h4-7,15H,3,8-12H2,1-2H3,(H,19,21). The number of hydrogen-bond acceptors (Lipinski definition) is 7. The molecule has 1 aromatic rings. The van der Waals surface area contributed by atoms with Crippen LogP contribution in [-0.4, -0.2) is 75.5 Å². The molecule has 28 heavy (non-hydrogen) atoms. The third-order valence-corrected chi connectivity index (χ3v) is 6.04. The Labute approximate surface area is 163 Å². The summed E-state index contributed by atoms with van der Waals surface area (Å²) in [6.07, 6.45) is 0.291. The van der Waals surface area contributed by atoms with Crippen LogP contribution in [-0.2, 0) is 28.9 Å². The minimum Gasteiger partial charge on any atom is -0.462 e. The minimum absolute atomic E-state index is 0.00856. The Morgan fingerprint density at radius 2 is 1.89 bits per heavy atom. The number of carbonyl (C=O) groups is 3. The van der Waals surface area contributed by atoms with Crippen LogP contribution in [0.2, 0.25) is 0 Å². The molecule has 1 atom stereocenters. The second-order valence-corrected chi connectivity index (χ2v) is 8.53. The van der Waals surface area contributed by atoms with Gasteiger partial charge in [0.05, 0.1) is 30.3 Å². The number of esters is 1. The average molecular weight is 412 g/mol. The summed E-state index contributed by atoms with van der Waals surface area (Å²) in [6, 6.07) is 5.37. The van der Waals surface area contributed by atoms with Crippen LogP contribution in [0, 0.1) is 0 Å². The first-order chi connectivity index (χ1) is 13.3. The summed E-state index contributed by atoms with van der Waals surface area (Å²) >= 11 is 0. The van der Waals surface area contributed by atoms with E-state index in [1.807, 2.05) is 0 Å². The Morgan fingerprint density at radius 1 is 1.21 bits per heavy atom. The van der Waals surface area contributed by atoms with Crippen LogP contribution in [0.3, 0.4) is 0 Å². The number of carbonyl (C=O) groups excluding carboxylic acids is 3. The Kier molecular flexibility index (Phi) is 7.53. The van der Waals surface area contributed by atoms with E-state index in [0.717, 1.165) is 0 Å². The third-order valence-electron chi connectivity index (χ3n) is 4.29. The number of nitrogens with one attached hydrogen (secondary N) is 1. The lowest BCUT2D eigenvalue weighted by Gasteiger charge is -2.27. The van der Waals surface area contributed by atoms with E-state index >= 15 is 0 Å². The van der Waals surface area contributed by atoms with Gasteiger partial charge in [-0.15, -0.1) is 0 Å². The Morgan fingerprint density at radius 3 is 2.43 bits per heavy atom. The molecule has 1 fully saturated rings. The normalized spacial score (nSPS) is 17.7. The van der Waals surface area contributed by atoms with Crippen molar-refractivity contribution in [3.05, 3.63) is 29.8 Å². The third kappa shape index (κ3) is 5.77. The topological polar surface area (TPSA) is 119 Å². The van der Waals surface area contributed by atoms with Gasteiger partial charge in [-0.3, -0.25) is 9.59 Å². The number of methoxy groups -OCH3 is 1. The number of benzene rings is 1. The highest BCUT2D eigenvalue weighted by molar-refractivity contribution is 7.91. The fourth-order valence-corrected chi connectivity index (χ4v) is 4.61. The van der Waals surface area contributed by atoms with E-state index in [2.05, 4.69) is 5.32 Å². The van der Waals surface area contributed by atoms with E-state index in [1.54, 1.807) is 6.92 Å². The molecule has 1 unspecified atom stereocenters. The van der Waals surface area contributed by atoms with Crippen LogP contribution < -0.4 is 5.32 Å². The van der Waals surface area contributed by atoms with Crippen molar-refractivity contribution in [2.45, 2.75) is 19.4 Å². The van der Waals surface area contributed by atoms with Crippen molar-refractivity contribution in [3.8, 4) is 0 Å². The lowest BCUT2D eigenvalue weighted by Crippen LogP contribution is -2.47. The van der Waals surface area contributed by atoms with Gasteiger partial charge >= 0.3 is 17.8 Å². The molecule has 2 rings (SSSR count). The van der Waals surface area contributed by atoms with Gasteiger partial charge in [0.15, 0.2) is 9.84 Å². The molecule has 2 amide bonds. The smallest absolute Gasteiger partial charge is 0.338 e. The van der Waals surface area contributed by atoms with Crippen LogP contribution >= 0.6 is 0 Å². The molecular weight excluding hydrogens is 388 g/mol. The number of amides is 2. The van der Waals surface area contributed by atoms with Gasteiger partial charge < -0.3 is 19.7 Å². The molecule has 154 valence electrons. The first-order valence-corrected chi connectivity index (χ1v) is 10.7. The van der Waals surface area contributed by atoms with Crippen molar-refractivity contribution < 1.29 is 32.3 Å². The quantitative estimate of drug-likeness (QED) is 0.510. The highest BCUT2D eigenvalue weighted by Gasteiger charge is 2.36. The van der Waals surface area contributed by atoms with E-state index in [1.165, 1.54) is 36.3 Å². The fourth-order valence-electron chi connectivity index (χ4n) is 2.88. The molecule has 0 aliphatic carbocycles. The summed E-state index contributed by atoms with van der Waals surface area (Å²) in [5.74, 6) is -2.36. The van der Waals surface area contributed by atoms with Gasteiger partial charge in [-0.2, -0.15) is 0 Å². The molecule has 0 spiro atoms. The van der Waals surface area contributed by atoms with Crippen molar-refractivity contribution in [1.82, 2.24) is 4.90 Å². The number of hydrogen-bond donors (Lipinski definition) is 1. The van der Waals surface area contributed by atoms with Gasteiger partial charge in [0, 0.05) is 25.4 Å². The second kappa shape index (κ2) is 9.65. The number of sulfone groups is 1. The van der Waals surface area contributed by atoms with Gasteiger partial charge in [0.2, 0.25) is 0 Å². The zero-order chi connectivity index (χ0) is 20.7. The van der Waals surface area contributed by atoms with Crippen molar-refractivity contribution in [2.75, 3.05) is 43.7 Å². The molecule has 10 heteroatoms. The lowest BCUT2D eigenvalue weighted by molar-refractivity contribution is -0.144. The molecule has 9 nitrogen and oxygen atoms in total. The Bertz CT molecular complexity index is 821. The highest BCUT2D eigenvalue weighted by Crippen LogP contribution is 2.18. The minimum atomic E-state index is -3.21. The molecule has 1 aliphatic rings. The summed E-state index contributed by atoms with van der Waals surface area (Å²) in [5.41, 5.74) is 0.654. The number of ether oxygens (including phenoxy) is 2. The van der Waals surface area contributed by atoms with Crippen LogP contribution in [0.1, 0.15) is 23.7 Å². The zero-order valence-corrected chi connectivity index (χ0v) is 16.7. The molecule has 0 radical (unpaired) electrons. The molecule has 1 aromatic carbocycles. The van der Waals surface area contributed by atoms with Gasteiger partial charge in [-0.25, -0.2) is 13.2 Å². The maximum absolute atomic E-state index is 12.6. The van der Waals surface area contributed by atoms with E-state index in [4.69, 9.17) is 9.47 Å². The van der Waals surface area contributed by atoms with Crippen molar-refractivity contribution >= 4 is 33.3 Å². The Balaban J connectivity index is 2.05. The Hall–Kier alpha value is -2.46. The molecule has 1 saturated heterocycles. The first kappa shape index (κ1) is 21.8. The van der Waals surface area contributed by atoms with E-state index < -0.39 is 33.7 Å². The van der Waals surface area contributed by atoms with Gasteiger partial charge in [0.25, 0.3) is 0 Å². The van der Waals surface area contributed by atoms with E-state index in [0.29, 0.717) is 17.7 Å². The van der Waals surface area contributed by atoms with E-state index in [-0.39, 0.29) is 31.3 Å². The maximum atomic E-state index is 12.6. The molecule has 1 aliphatic heterocycles. The lowest BCUT2D eigenvalue weighted by atomic mass is 10.2. The number of nitrogens with zero attached hydrogens (tertiary/aromatic N) is 1. The predicted octanol–water partition coefficient (Wildman–Crippen LogP) is 0.464. The molecule has 1 N–H and O–H groups in total. The van der Waals surface area contributed by atoms with Crippen LogP contribution in [0.5, 0.6) is 0 Å². The molecule has 0 saturated carbocycles. The highest BCUT2D eigenvalue weighted by atomic mass is 32.2. The molecule has 0 aromatic heterocycles. The number of anilines is 1. The monoisotopic (exact) mass is 412 g/mol. The van der Waals surface area contributed by atoms with Crippen molar-refractivity contribution in [3.63, 3.8) is 0 Å². The molecule has 1 heterocycles. The maximum Gasteiger partial charge on any atom is 0.338 e. The first-order valence-electron chi connectivity index (χ1n) is 8.86. The number of rotatable bonds is 7. The summed E-state index contributed by atoms with van der Waals surface area (Å²) in [6.45, 7) is 2.25. The SMILES string of the molecule is CCOC(=O)c1ccc(NC(=O)C(=O)N(CCOC)C2CCS(=O)(=O)C2)cc1. The van der Waals surface area contributed by atoms with Gasteiger partial charge in [-0.1, -0.05) is 0 Å². The summed E-state index contributed by atoms with van der Waals surface area (Å²) in [4.78, 5) is 37.9. The van der Waals surface area contributed by atoms with Crippen LogP contribution in [0.15, 0.2) is 24.3 Å². The zero-order valence-electron chi connectivity index (χ0n) is 15.8. The largest absolute Gasteiger partial charge is 0.462 e. The second-order valence-electron chi connectivity index (χ2n) is 6.30. The predicted molar refractivity (Wildman–Crippen MR) is 102 cm³/mol. The van der Waals surface area contributed by atoms with E-state index in [9.17, 15) is 22.8 Å². The summed E-state index contributed by atoms with van der Waals surface area (Å²) < 4.78 is 33.3. The van der Waals surface area contributed by atoms with Crippen LogP contribution in [0.25, 0.3) is 0 Å². The van der Waals surface area contributed by atoms with Gasteiger partial charge in [0.1, 0.15) is 0 Å². The average Bonchev–Trinajstić information content (AvgIpc) is 3.02. The van der Waals surface area contributed by atoms with Crippen molar-refractivity contribution in [2.24, 2.45) is 0 Å². The fraction of sp³-hybridized carbons (Fsp3) is 0.500. The van der Waals surface area contributed by atoms with Gasteiger partial charge in [-0.05, 0) is 37.6 Å². The van der Waals surface area contributed by atoms with Crippen molar-refractivity contribution in [1.29, 1.82) is 0 Å².